The van der Waals surface area contributed by atoms with Gasteiger partial charge in [-0.3, -0.25) is 4.79 Å². The number of hydrogen-bond donors (Lipinski definition) is 11. The third-order valence-electron chi connectivity index (χ3n) is 7.35. The normalized spacial score (nSPS) is 32.5. The topological polar surface area (TPSA) is 290 Å². The van der Waals surface area contributed by atoms with Crippen LogP contribution in [0.3, 0.4) is 0 Å². The van der Waals surface area contributed by atoms with Gasteiger partial charge in [0.25, 0.3) is 0 Å². The van der Waals surface area contributed by atoms with E-state index < -0.39 is 120 Å². The number of rotatable bonds is 7. The number of aliphatic hydroxyl groups excluding tert-OH is 7. The smallest absolute Gasteiger partial charge is 0.239 e. The lowest BCUT2D eigenvalue weighted by Gasteiger charge is -2.45. The monoisotopic (exact) mass is 626 g/mol. The fraction of sp³-hybridized carbons (Fsp3) is 0.444. The Morgan fingerprint density at radius 2 is 1.34 bits per heavy atom. The molecule has 3 aromatic rings. The minimum absolute atomic E-state index is 0.0707. The summed E-state index contributed by atoms with van der Waals surface area (Å²) in [6, 6.07) is 5.12. The molecule has 0 saturated carbocycles. The van der Waals surface area contributed by atoms with Gasteiger partial charge in [-0.2, -0.15) is 0 Å². The number of aromatic hydroxyl groups is 4. The molecule has 11 N–H and O–H groups in total. The highest BCUT2D eigenvalue weighted by molar-refractivity contribution is 5.88. The van der Waals surface area contributed by atoms with Crippen molar-refractivity contribution < 1.29 is 79.5 Å². The SMILES string of the molecule is O=c1c(O[C@H]2O[C@H](CO)[C@@H](O)[C@H](O)[C@H]2O[C@H]2O[C@H](CO)[C@@H](O)[C@H](O)[C@H]2O)c(-c2ccc(O)c(O)c2)oc2cc(O)cc(O)c12. The molecule has 5 rings (SSSR count). The first kappa shape index (κ1) is 31.7. The first-order chi connectivity index (χ1) is 20.9. The fourth-order valence-electron chi connectivity index (χ4n) is 4.98. The molecular formula is C27H30O17. The average molecular weight is 627 g/mol. The Labute approximate surface area is 246 Å². The maximum absolute atomic E-state index is 13.7. The molecule has 0 unspecified atom stereocenters. The lowest BCUT2D eigenvalue weighted by molar-refractivity contribution is -0.358. The Balaban J connectivity index is 1.61. The zero-order chi connectivity index (χ0) is 32.0. The minimum Gasteiger partial charge on any atom is -0.508 e. The van der Waals surface area contributed by atoms with Crippen LogP contribution in [0.2, 0.25) is 0 Å². The maximum atomic E-state index is 13.7. The van der Waals surface area contributed by atoms with Crippen molar-refractivity contribution in [2.75, 3.05) is 13.2 Å². The third-order valence-corrected chi connectivity index (χ3v) is 7.35. The van der Waals surface area contributed by atoms with Crippen LogP contribution >= 0.6 is 0 Å². The molecule has 240 valence electrons. The quantitative estimate of drug-likeness (QED) is 0.119. The number of aliphatic hydroxyl groups is 7. The van der Waals surface area contributed by atoms with Crippen LogP contribution < -0.4 is 10.2 Å². The molecule has 44 heavy (non-hydrogen) atoms. The summed E-state index contributed by atoms with van der Waals surface area (Å²) >= 11 is 0. The second-order valence-electron chi connectivity index (χ2n) is 10.3. The van der Waals surface area contributed by atoms with Crippen molar-refractivity contribution in [3.63, 3.8) is 0 Å². The number of phenolic OH excluding ortho intramolecular Hbond substituents is 4. The predicted molar refractivity (Wildman–Crippen MR) is 142 cm³/mol. The Morgan fingerprint density at radius 1 is 0.705 bits per heavy atom. The van der Waals surface area contributed by atoms with Crippen molar-refractivity contribution >= 4 is 11.0 Å². The zero-order valence-electron chi connectivity index (χ0n) is 22.4. The van der Waals surface area contributed by atoms with Crippen molar-refractivity contribution in [1.29, 1.82) is 0 Å². The van der Waals surface area contributed by atoms with E-state index in [4.69, 9.17) is 23.4 Å². The van der Waals surface area contributed by atoms with Crippen molar-refractivity contribution in [2.24, 2.45) is 0 Å². The minimum atomic E-state index is -1.97. The van der Waals surface area contributed by atoms with Crippen molar-refractivity contribution in [3.8, 4) is 40.1 Å². The van der Waals surface area contributed by atoms with E-state index in [2.05, 4.69) is 0 Å². The first-order valence-corrected chi connectivity index (χ1v) is 13.2. The second kappa shape index (κ2) is 12.3. The lowest BCUT2D eigenvalue weighted by atomic mass is 9.97. The van der Waals surface area contributed by atoms with Gasteiger partial charge in [0.1, 0.15) is 65.2 Å². The van der Waals surface area contributed by atoms with E-state index in [9.17, 15) is 61.0 Å². The molecule has 0 aliphatic carbocycles. The molecule has 0 radical (unpaired) electrons. The van der Waals surface area contributed by atoms with Crippen LogP contribution in [0.25, 0.3) is 22.3 Å². The standard InChI is InChI=1S/C27H30O17/c28-6-14-17(34)20(37)22(39)26(41-14)44-25-21(38)18(35)15(7-29)42-27(25)43-24-19(36)16-12(33)4-9(30)5-13(16)40-23(24)8-1-2-10(31)11(32)3-8/h1-5,14-15,17-18,20-22,25-35,37-39H,6-7H2/t14-,15-,17-,18-,20+,21+,22-,25-,26-,27-/m1/s1. The van der Waals surface area contributed by atoms with E-state index in [1.54, 1.807) is 0 Å². The van der Waals surface area contributed by atoms with E-state index in [-0.39, 0.29) is 11.1 Å². The molecule has 2 saturated heterocycles. The Hall–Kier alpha value is -3.75. The van der Waals surface area contributed by atoms with E-state index in [0.29, 0.717) is 0 Å². The molecule has 0 bridgehead atoms. The summed E-state index contributed by atoms with van der Waals surface area (Å²) in [4.78, 5) is 13.7. The van der Waals surface area contributed by atoms with E-state index in [1.807, 2.05) is 0 Å². The van der Waals surface area contributed by atoms with Crippen LogP contribution in [0.1, 0.15) is 0 Å². The highest BCUT2D eigenvalue weighted by Gasteiger charge is 2.51. The summed E-state index contributed by atoms with van der Waals surface area (Å²) in [6.45, 7) is -1.68. The van der Waals surface area contributed by atoms with Crippen LogP contribution in [0.5, 0.6) is 28.7 Å². The molecule has 17 heteroatoms. The van der Waals surface area contributed by atoms with Gasteiger partial charge in [0.05, 0.1) is 13.2 Å². The zero-order valence-corrected chi connectivity index (χ0v) is 22.4. The highest BCUT2D eigenvalue weighted by atomic mass is 16.8. The number of fused-ring (bicyclic) bond motifs is 1. The van der Waals surface area contributed by atoms with Crippen molar-refractivity contribution in [1.82, 2.24) is 0 Å². The molecule has 0 spiro atoms. The molecule has 10 atom stereocenters. The Kier molecular flexibility index (Phi) is 8.87. The van der Waals surface area contributed by atoms with Gasteiger partial charge < -0.3 is 79.5 Å². The number of phenols is 4. The summed E-state index contributed by atoms with van der Waals surface area (Å²) in [6.07, 6.45) is -18.0. The van der Waals surface area contributed by atoms with Crippen LogP contribution in [0, 0.1) is 0 Å². The van der Waals surface area contributed by atoms with Gasteiger partial charge in [-0.1, -0.05) is 0 Å². The Morgan fingerprint density at radius 3 is 1.98 bits per heavy atom. The molecule has 17 nitrogen and oxygen atoms in total. The second-order valence-corrected chi connectivity index (χ2v) is 10.3. The maximum Gasteiger partial charge on any atom is 0.239 e. The van der Waals surface area contributed by atoms with Gasteiger partial charge in [-0.25, -0.2) is 0 Å². The summed E-state index contributed by atoms with van der Waals surface area (Å²) in [7, 11) is 0. The molecule has 2 aliphatic heterocycles. The van der Waals surface area contributed by atoms with E-state index >= 15 is 0 Å². The summed E-state index contributed by atoms with van der Waals surface area (Å²) < 4.78 is 28.1. The van der Waals surface area contributed by atoms with Crippen LogP contribution in [0.15, 0.2) is 39.5 Å². The van der Waals surface area contributed by atoms with Crippen LogP contribution in [0.4, 0.5) is 0 Å². The lowest BCUT2D eigenvalue weighted by Crippen LogP contribution is -2.65. The van der Waals surface area contributed by atoms with Crippen molar-refractivity contribution in [3.05, 3.63) is 40.6 Å². The Bertz CT molecular complexity index is 1560. The van der Waals surface area contributed by atoms with Gasteiger partial charge in [0.2, 0.25) is 17.5 Å². The third kappa shape index (κ3) is 5.61. The van der Waals surface area contributed by atoms with Gasteiger partial charge in [-0.15, -0.1) is 0 Å². The van der Waals surface area contributed by atoms with Gasteiger partial charge >= 0.3 is 0 Å². The molecule has 2 aliphatic rings. The summed E-state index contributed by atoms with van der Waals surface area (Å²) in [5.41, 5.74) is -1.47. The van der Waals surface area contributed by atoms with Gasteiger partial charge in [0.15, 0.2) is 29.7 Å². The average Bonchev–Trinajstić information content (AvgIpc) is 2.98. The predicted octanol–water partition coefficient (Wildman–Crippen LogP) is -2.71. The summed E-state index contributed by atoms with van der Waals surface area (Å²) in [5.74, 6) is -3.54. The molecule has 2 aromatic carbocycles. The van der Waals surface area contributed by atoms with Gasteiger partial charge in [-0.05, 0) is 18.2 Å². The largest absolute Gasteiger partial charge is 0.508 e. The molecule has 3 heterocycles. The van der Waals surface area contributed by atoms with E-state index in [1.165, 1.54) is 6.07 Å². The first-order valence-electron chi connectivity index (χ1n) is 13.2. The van der Waals surface area contributed by atoms with Gasteiger partial charge in [0, 0.05) is 17.7 Å². The highest BCUT2D eigenvalue weighted by Crippen LogP contribution is 2.40. The van der Waals surface area contributed by atoms with Crippen molar-refractivity contribution in [2.45, 2.75) is 61.4 Å². The molecular weight excluding hydrogens is 596 g/mol. The molecule has 1 aromatic heterocycles. The fourth-order valence-corrected chi connectivity index (χ4v) is 4.98. The van der Waals surface area contributed by atoms with Crippen LogP contribution in [-0.2, 0) is 14.2 Å². The summed E-state index contributed by atoms with van der Waals surface area (Å²) in [5, 5.41) is 111. The number of benzene rings is 2. The number of ether oxygens (including phenoxy) is 4. The van der Waals surface area contributed by atoms with Crippen LogP contribution in [-0.4, -0.2) is 131 Å². The molecule has 2 fully saturated rings. The molecule has 0 amide bonds. The van der Waals surface area contributed by atoms with E-state index in [0.717, 1.165) is 24.3 Å². The number of hydrogen-bond acceptors (Lipinski definition) is 17.